The molecule has 0 saturated heterocycles. The van der Waals surface area contributed by atoms with Gasteiger partial charge in [0.1, 0.15) is 0 Å². The third-order valence-electron chi connectivity index (χ3n) is 2.23. The number of hydrogen-bond donors (Lipinski definition) is 1. The van der Waals surface area contributed by atoms with Gasteiger partial charge in [0.05, 0.1) is 12.0 Å². The molecule has 1 aromatic carbocycles. The number of rotatable bonds is 4. The first-order valence-electron chi connectivity index (χ1n) is 5.22. The van der Waals surface area contributed by atoms with Crippen LogP contribution in [0.2, 0.25) is 0 Å². The maximum atomic E-state index is 12.0. The maximum Gasteiger partial charge on any atom is 1.00 e. The molecule has 2 N–H and O–H groups in total. The molecule has 0 spiro atoms. The van der Waals surface area contributed by atoms with Crippen molar-refractivity contribution in [3.8, 4) is 5.88 Å². The molecular weight excluding hydrogens is 376 g/mol. The standard InChI is InChI=1S/C11H11N4O3S.Ag/c1-18-11-7-6-10(13-14-11)15-19(16,17)9-4-2-8(12)3-5-9;/h2-7H,12H2,1H3;/q-1;+1. The number of anilines is 1. The van der Waals surface area contributed by atoms with Gasteiger partial charge >= 0.3 is 22.4 Å². The number of sulfonamides is 1. The Morgan fingerprint density at radius 1 is 1.10 bits per heavy atom. The molecule has 2 aromatic rings. The van der Waals surface area contributed by atoms with Gasteiger partial charge in [-0.2, -0.15) is 0 Å². The van der Waals surface area contributed by atoms with E-state index in [4.69, 9.17) is 10.5 Å². The van der Waals surface area contributed by atoms with E-state index in [9.17, 15) is 8.42 Å². The monoisotopic (exact) mass is 386 g/mol. The van der Waals surface area contributed by atoms with Gasteiger partial charge in [-0.15, -0.1) is 0 Å². The van der Waals surface area contributed by atoms with Gasteiger partial charge in [-0.1, -0.05) is 6.07 Å². The normalized spacial score (nSPS) is 10.4. The average Bonchev–Trinajstić information content (AvgIpc) is 2.40. The predicted octanol–water partition coefficient (Wildman–Crippen LogP) is 1.46. The van der Waals surface area contributed by atoms with Gasteiger partial charge in [-0.05, 0) is 30.1 Å². The summed E-state index contributed by atoms with van der Waals surface area (Å²) in [6, 6.07) is 8.62. The predicted molar refractivity (Wildman–Crippen MR) is 69.6 cm³/mol. The van der Waals surface area contributed by atoms with Crippen molar-refractivity contribution in [1.29, 1.82) is 0 Å². The fourth-order valence-electron chi connectivity index (χ4n) is 1.29. The van der Waals surface area contributed by atoms with Crippen LogP contribution in [0.15, 0.2) is 41.3 Å². The third-order valence-corrected chi connectivity index (χ3v) is 3.52. The topological polar surface area (TPSA) is 109 Å². The molecule has 0 amide bonds. The summed E-state index contributed by atoms with van der Waals surface area (Å²) < 4.78 is 32.3. The van der Waals surface area contributed by atoms with Crippen LogP contribution in [0.3, 0.4) is 0 Å². The Morgan fingerprint density at radius 2 is 1.75 bits per heavy atom. The summed E-state index contributed by atoms with van der Waals surface area (Å²) in [6.07, 6.45) is 0. The van der Waals surface area contributed by atoms with Crippen LogP contribution in [0.4, 0.5) is 11.5 Å². The van der Waals surface area contributed by atoms with Gasteiger partial charge in [0.2, 0.25) is 15.9 Å². The second kappa shape index (κ2) is 6.71. The quantitative estimate of drug-likeness (QED) is 0.629. The fraction of sp³-hybridized carbons (Fsp3) is 0.0909. The number of hydrogen-bond acceptors (Lipinski definition) is 6. The van der Waals surface area contributed by atoms with Crippen LogP contribution in [-0.4, -0.2) is 25.7 Å². The third kappa shape index (κ3) is 3.94. The molecule has 0 aliphatic carbocycles. The Hall–Kier alpha value is -1.61. The number of nitrogens with two attached hydrogens (primary N) is 1. The summed E-state index contributed by atoms with van der Waals surface area (Å²) in [5, 5.41) is 7.27. The van der Waals surface area contributed by atoms with Crippen LogP contribution >= 0.6 is 0 Å². The van der Waals surface area contributed by atoms with Crippen molar-refractivity contribution in [2.75, 3.05) is 12.8 Å². The molecule has 0 fully saturated rings. The SMILES string of the molecule is COc1ccc([N-]S(=O)(=O)c2ccc(N)cc2)nn1.[Ag+]. The van der Waals surface area contributed by atoms with E-state index < -0.39 is 10.0 Å². The average molecular weight is 387 g/mol. The zero-order chi connectivity index (χ0) is 13.9. The molecule has 20 heavy (non-hydrogen) atoms. The Morgan fingerprint density at radius 3 is 2.25 bits per heavy atom. The van der Waals surface area contributed by atoms with Crippen molar-refractivity contribution in [2.45, 2.75) is 4.90 Å². The number of nitrogen functional groups attached to an aromatic ring is 1. The molecule has 0 saturated carbocycles. The van der Waals surface area contributed by atoms with E-state index in [1.165, 1.54) is 43.5 Å². The first kappa shape index (κ1) is 16.4. The van der Waals surface area contributed by atoms with E-state index in [1.807, 2.05) is 0 Å². The van der Waals surface area contributed by atoms with E-state index in [0.717, 1.165) is 0 Å². The molecule has 1 heterocycles. The number of aromatic nitrogens is 2. The van der Waals surface area contributed by atoms with Gasteiger partial charge in [-0.3, -0.25) is 0 Å². The van der Waals surface area contributed by atoms with Crippen LogP contribution in [0.1, 0.15) is 0 Å². The van der Waals surface area contributed by atoms with Crippen molar-refractivity contribution in [1.82, 2.24) is 10.2 Å². The summed E-state index contributed by atoms with van der Waals surface area (Å²) in [5.74, 6) is 0.265. The molecule has 0 radical (unpaired) electrons. The maximum absolute atomic E-state index is 12.0. The minimum absolute atomic E-state index is 0. The Labute approximate surface area is 132 Å². The number of nitrogens with zero attached hydrogens (tertiary/aromatic N) is 3. The summed E-state index contributed by atoms with van der Waals surface area (Å²) in [5.41, 5.74) is 5.97. The molecule has 0 aliphatic heterocycles. The van der Waals surface area contributed by atoms with Crippen LogP contribution in [-0.2, 0) is 32.4 Å². The molecule has 0 aliphatic rings. The van der Waals surface area contributed by atoms with Crippen LogP contribution in [0.5, 0.6) is 5.88 Å². The minimum Gasteiger partial charge on any atom is -0.481 e. The van der Waals surface area contributed by atoms with Crippen molar-refractivity contribution < 1.29 is 35.5 Å². The molecule has 9 heteroatoms. The van der Waals surface area contributed by atoms with Crippen LogP contribution < -0.4 is 10.5 Å². The summed E-state index contributed by atoms with van der Waals surface area (Å²) >= 11 is 0. The van der Waals surface area contributed by atoms with Crippen molar-refractivity contribution >= 4 is 21.5 Å². The molecule has 2 rings (SSSR count). The second-order valence-electron chi connectivity index (χ2n) is 3.57. The van der Waals surface area contributed by atoms with E-state index in [1.54, 1.807) is 0 Å². The largest absolute Gasteiger partial charge is 1.00 e. The molecule has 0 unspecified atom stereocenters. The minimum atomic E-state index is -3.82. The first-order valence-corrected chi connectivity index (χ1v) is 6.66. The number of ether oxygens (including phenoxy) is 1. The van der Waals surface area contributed by atoms with E-state index in [-0.39, 0.29) is 39.0 Å². The Kier molecular flexibility index (Phi) is 5.52. The molecule has 1 aromatic heterocycles. The van der Waals surface area contributed by atoms with Gasteiger partial charge in [0, 0.05) is 11.8 Å². The van der Waals surface area contributed by atoms with Crippen molar-refractivity contribution in [2.24, 2.45) is 0 Å². The van der Waals surface area contributed by atoms with Crippen LogP contribution in [0, 0.1) is 0 Å². The second-order valence-corrected chi connectivity index (χ2v) is 5.17. The van der Waals surface area contributed by atoms with Crippen molar-refractivity contribution in [3.05, 3.63) is 41.1 Å². The molecule has 0 atom stereocenters. The number of benzene rings is 1. The van der Waals surface area contributed by atoms with E-state index >= 15 is 0 Å². The summed E-state index contributed by atoms with van der Waals surface area (Å²) in [4.78, 5) is 0.0410. The molecule has 0 bridgehead atoms. The zero-order valence-electron chi connectivity index (χ0n) is 10.3. The van der Waals surface area contributed by atoms with Gasteiger partial charge in [0.25, 0.3) is 0 Å². The van der Waals surface area contributed by atoms with Gasteiger partial charge in [-0.25, -0.2) is 13.5 Å². The van der Waals surface area contributed by atoms with E-state index in [2.05, 4.69) is 14.9 Å². The Balaban J connectivity index is 0.00000200. The van der Waals surface area contributed by atoms with Gasteiger partial charge in [0.15, 0.2) is 0 Å². The molecule has 110 valence electrons. The van der Waals surface area contributed by atoms with Gasteiger partial charge < -0.3 is 20.3 Å². The first-order chi connectivity index (χ1) is 9.01. The summed E-state index contributed by atoms with van der Waals surface area (Å²) in [6.45, 7) is 0. The van der Waals surface area contributed by atoms with E-state index in [0.29, 0.717) is 5.69 Å². The van der Waals surface area contributed by atoms with Crippen molar-refractivity contribution in [3.63, 3.8) is 0 Å². The number of methoxy groups -OCH3 is 1. The fourth-order valence-corrected chi connectivity index (χ4v) is 2.22. The molecule has 7 nitrogen and oxygen atoms in total. The molecular formula is C11H11AgN4O3S. The van der Waals surface area contributed by atoms with Crippen LogP contribution in [0.25, 0.3) is 4.72 Å². The smallest absolute Gasteiger partial charge is 0.481 e. The summed E-state index contributed by atoms with van der Waals surface area (Å²) in [7, 11) is -2.39. The zero-order valence-corrected chi connectivity index (χ0v) is 12.6. The Bertz CT molecular complexity index is 659.